The van der Waals surface area contributed by atoms with Crippen LogP contribution in [-0.4, -0.2) is 65.2 Å². The number of methoxy groups -OCH3 is 1. The Morgan fingerprint density at radius 1 is 1.13 bits per heavy atom. The summed E-state index contributed by atoms with van der Waals surface area (Å²) in [4.78, 5) is 16.2. The number of carbonyl (C=O) groups excluding carboxylic acids is 1. The molecule has 3 heterocycles. The number of amides is 1. The van der Waals surface area contributed by atoms with Gasteiger partial charge in [0.1, 0.15) is 5.75 Å². The van der Waals surface area contributed by atoms with Gasteiger partial charge in [-0.25, -0.2) is 13.1 Å². The van der Waals surface area contributed by atoms with Gasteiger partial charge in [0.25, 0.3) is 5.91 Å². The molecule has 7 atom stereocenters. The fourth-order valence-corrected chi connectivity index (χ4v) is 10.7. The fourth-order valence-electron chi connectivity index (χ4n) is 8.79. The van der Waals surface area contributed by atoms with Gasteiger partial charge >= 0.3 is 0 Å². The van der Waals surface area contributed by atoms with Gasteiger partial charge < -0.3 is 19.1 Å². The summed E-state index contributed by atoms with van der Waals surface area (Å²) in [6, 6.07) is 11.6. The number of nitrogens with one attached hydrogen (secondary N) is 1. The lowest BCUT2D eigenvalue weighted by atomic mass is 9.68. The molecule has 1 saturated carbocycles. The van der Waals surface area contributed by atoms with Gasteiger partial charge in [-0.1, -0.05) is 36.7 Å². The van der Waals surface area contributed by atoms with E-state index in [0.29, 0.717) is 49.2 Å². The third-order valence-electron chi connectivity index (χ3n) is 11.5. The average molecular weight is 683 g/mol. The minimum absolute atomic E-state index is 0.0534. The number of ether oxygens (including phenoxy) is 3. The molecule has 3 aliphatic heterocycles. The van der Waals surface area contributed by atoms with E-state index in [9.17, 15) is 13.2 Å². The number of sulfonamides is 1. The third-order valence-corrected chi connectivity index (χ3v) is 13.7. The molecule has 7 rings (SSSR count). The molecule has 254 valence electrons. The Labute approximate surface area is 284 Å². The van der Waals surface area contributed by atoms with Crippen LogP contribution >= 0.6 is 11.6 Å². The molecule has 0 radical (unpaired) electrons. The Morgan fingerprint density at radius 2 is 2.00 bits per heavy atom. The van der Waals surface area contributed by atoms with Crippen LogP contribution in [0.1, 0.15) is 79.8 Å². The van der Waals surface area contributed by atoms with Gasteiger partial charge in [0.2, 0.25) is 10.0 Å². The number of nitrogens with zero attached hydrogens (tertiary/aromatic N) is 1. The van der Waals surface area contributed by atoms with Crippen LogP contribution in [0.4, 0.5) is 5.69 Å². The molecule has 47 heavy (non-hydrogen) atoms. The monoisotopic (exact) mass is 682 g/mol. The number of benzene rings is 2. The fraction of sp³-hybridized carbons (Fsp3) is 0.595. The van der Waals surface area contributed by atoms with Crippen molar-refractivity contribution in [3.63, 3.8) is 0 Å². The number of anilines is 1. The lowest BCUT2D eigenvalue weighted by Crippen LogP contribution is -2.49. The minimum atomic E-state index is -4.01. The van der Waals surface area contributed by atoms with Crippen molar-refractivity contribution >= 4 is 33.2 Å². The first-order valence-corrected chi connectivity index (χ1v) is 19.3. The normalized spacial score (nSPS) is 34.3. The molecule has 2 fully saturated rings. The summed E-state index contributed by atoms with van der Waals surface area (Å²) in [5.41, 5.74) is 3.46. The number of rotatable bonds is 3. The van der Waals surface area contributed by atoms with Crippen LogP contribution < -0.4 is 14.4 Å². The van der Waals surface area contributed by atoms with Crippen molar-refractivity contribution in [3.8, 4) is 5.75 Å². The molecule has 8 nitrogen and oxygen atoms in total. The molecule has 1 N–H and O–H groups in total. The molecule has 5 aliphatic rings. The summed E-state index contributed by atoms with van der Waals surface area (Å²) >= 11 is 6.44. The van der Waals surface area contributed by atoms with Crippen LogP contribution in [0.15, 0.2) is 48.6 Å². The molecule has 2 aromatic carbocycles. The molecular formula is C37H47ClN2O6S. The van der Waals surface area contributed by atoms with Crippen molar-refractivity contribution < 1.29 is 27.4 Å². The quantitative estimate of drug-likeness (QED) is 0.372. The van der Waals surface area contributed by atoms with E-state index >= 15 is 0 Å². The molecular weight excluding hydrogens is 636 g/mol. The Balaban J connectivity index is 1.28. The van der Waals surface area contributed by atoms with Crippen molar-refractivity contribution in [1.82, 2.24) is 4.72 Å². The summed E-state index contributed by atoms with van der Waals surface area (Å²) in [7, 11) is -2.24. The number of hydrogen-bond donors (Lipinski definition) is 1. The van der Waals surface area contributed by atoms with E-state index in [1.807, 2.05) is 25.1 Å². The van der Waals surface area contributed by atoms with Crippen LogP contribution in [0.5, 0.6) is 5.75 Å². The number of allylic oxidation sites excluding steroid dienone is 1. The Bertz CT molecular complexity index is 1620. The second-order valence-electron chi connectivity index (χ2n) is 14.5. The van der Waals surface area contributed by atoms with Crippen molar-refractivity contribution in [3.05, 3.63) is 70.3 Å². The lowest BCUT2D eigenvalue weighted by molar-refractivity contribution is 0.0131. The average Bonchev–Trinajstić information content (AvgIpc) is 3.51. The smallest absolute Gasteiger partial charge is 0.264 e. The maximum absolute atomic E-state index is 13.9. The van der Waals surface area contributed by atoms with E-state index in [0.717, 1.165) is 68.7 Å². The van der Waals surface area contributed by atoms with Gasteiger partial charge in [-0.3, -0.25) is 4.79 Å². The van der Waals surface area contributed by atoms with Gasteiger partial charge in [-0.15, -0.1) is 0 Å². The summed E-state index contributed by atoms with van der Waals surface area (Å²) < 4.78 is 48.9. The molecule has 1 spiro atoms. The number of carbonyl (C=O) groups is 1. The molecule has 1 saturated heterocycles. The SMILES string of the molecule is CO[C@H]1/C=C/CC(C)[C@H](C[C@@H]2CCCO2)S(=O)(=O)NC(=O)c2ccc3c(c2)N(C[C@@H]2CC[C@H]21)C[C@@]1(CCCc2cc(Cl)ccc21)CO3. The predicted molar refractivity (Wildman–Crippen MR) is 184 cm³/mol. The van der Waals surface area contributed by atoms with E-state index < -0.39 is 21.2 Å². The van der Waals surface area contributed by atoms with Crippen LogP contribution in [0.3, 0.4) is 0 Å². The largest absolute Gasteiger partial charge is 0.490 e. The highest BCUT2D eigenvalue weighted by Gasteiger charge is 2.45. The molecule has 2 aliphatic carbocycles. The van der Waals surface area contributed by atoms with Gasteiger partial charge in [-0.05, 0) is 117 Å². The van der Waals surface area contributed by atoms with E-state index in [-0.39, 0.29) is 23.5 Å². The molecule has 1 unspecified atom stereocenters. The number of hydrogen-bond acceptors (Lipinski definition) is 7. The highest BCUT2D eigenvalue weighted by atomic mass is 35.5. The summed E-state index contributed by atoms with van der Waals surface area (Å²) in [6.45, 7) is 4.64. The second kappa shape index (κ2) is 13.4. The van der Waals surface area contributed by atoms with E-state index in [2.05, 4.69) is 33.9 Å². The first-order valence-electron chi connectivity index (χ1n) is 17.3. The third kappa shape index (κ3) is 6.57. The van der Waals surface area contributed by atoms with Crippen LogP contribution in [-0.2, 0) is 31.3 Å². The zero-order valence-corrected chi connectivity index (χ0v) is 29.0. The van der Waals surface area contributed by atoms with Gasteiger partial charge in [0.05, 0.1) is 29.8 Å². The van der Waals surface area contributed by atoms with E-state index in [1.165, 1.54) is 11.1 Å². The topological polar surface area (TPSA) is 94.2 Å². The predicted octanol–water partition coefficient (Wildman–Crippen LogP) is 6.45. The van der Waals surface area contributed by atoms with E-state index in [4.69, 9.17) is 25.8 Å². The lowest BCUT2D eigenvalue weighted by Gasteiger charge is -2.46. The van der Waals surface area contributed by atoms with Crippen molar-refractivity contribution in [1.29, 1.82) is 0 Å². The maximum Gasteiger partial charge on any atom is 0.264 e. The van der Waals surface area contributed by atoms with Crippen molar-refractivity contribution in [2.24, 2.45) is 17.8 Å². The van der Waals surface area contributed by atoms with Crippen LogP contribution in [0.25, 0.3) is 0 Å². The van der Waals surface area contributed by atoms with E-state index in [1.54, 1.807) is 13.2 Å². The Morgan fingerprint density at radius 3 is 2.77 bits per heavy atom. The summed E-state index contributed by atoms with van der Waals surface area (Å²) in [6.07, 6.45) is 11.9. The molecule has 0 aromatic heterocycles. The summed E-state index contributed by atoms with van der Waals surface area (Å²) in [5, 5.41) is -0.0254. The Kier molecular flexibility index (Phi) is 9.37. The first-order chi connectivity index (χ1) is 22.7. The highest BCUT2D eigenvalue weighted by Crippen LogP contribution is 2.47. The maximum atomic E-state index is 13.9. The second-order valence-corrected chi connectivity index (χ2v) is 16.9. The highest BCUT2D eigenvalue weighted by molar-refractivity contribution is 7.90. The van der Waals surface area contributed by atoms with Gasteiger partial charge in [0.15, 0.2) is 0 Å². The molecule has 2 bridgehead atoms. The Hall–Kier alpha value is -2.59. The van der Waals surface area contributed by atoms with Crippen molar-refractivity contribution in [2.75, 3.05) is 38.3 Å². The molecule has 2 aromatic rings. The van der Waals surface area contributed by atoms with Gasteiger partial charge in [0, 0.05) is 42.8 Å². The number of fused-ring (bicyclic) bond motifs is 4. The number of halogens is 1. The molecule has 10 heteroatoms. The van der Waals surface area contributed by atoms with Gasteiger partial charge in [-0.2, -0.15) is 0 Å². The van der Waals surface area contributed by atoms with Crippen molar-refractivity contribution in [2.45, 2.75) is 87.6 Å². The summed E-state index contributed by atoms with van der Waals surface area (Å²) in [5.74, 6) is 0.628. The zero-order chi connectivity index (χ0) is 32.8. The van der Waals surface area contributed by atoms with Crippen LogP contribution in [0.2, 0.25) is 5.02 Å². The number of aryl methyl sites for hydroxylation is 1. The zero-order valence-electron chi connectivity index (χ0n) is 27.5. The standard InChI is InChI=1S/C37H47ClN2O6S/c1-24-6-3-9-33(44-2)30-13-10-27(30)21-40-22-37(16-4-7-25-18-28(38)12-14-31(25)37)23-46-34-15-11-26(19-32(34)40)36(41)39-47(42,43)35(24)20-29-8-5-17-45-29/h3,9,11-12,14-15,18-19,24,27,29-30,33,35H,4-8,10,13,16-17,20-23H2,1-2H3,(H,39,41)/b9-3+/t24?,27-,29-,30+,33-,35-,37-/m0/s1. The molecule has 1 amide bonds. The van der Waals surface area contributed by atoms with Crippen LogP contribution in [0, 0.1) is 17.8 Å². The first kappa shape index (κ1) is 32.9. The minimum Gasteiger partial charge on any atom is -0.490 e.